The lowest BCUT2D eigenvalue weighted by Crippen LogP contribution is -2.22. The van der Waals surface area contributed by atoms with Gasteiger partial charge in [0.1, 0.15) is 0 Å². The van der Waals surface area contributed by atoms with Crippen molar-refractivity contribution in [2.24, 2.45) is 0 Å². The fourth-order valence-electron chi connectivity index (χ4n) is 2.96. The molecule has 136 valence electrons. The number of nitrogens with zero attached hydrogens (tertiary/aromatic N) is 4. The molecule has 4 aromatic rings. The van der Waals surface area contributed by atoms with E-state index >= 15 is 0 Å². The third kappa shape index (κ3) is 3.75. The highest BCUT2D eigenvalue weighted by atomic mass is 32.1. The van der Waals surface area contributed by atoms with Crippen molar-refractivity contribution in [3.05, 3.63) is 92.5 Å². The normalized spacial score (nSPS) is 10.6. The average molecular weight is 384 g/mol. The molecule has 5 nitrogen and oxygen atoms in total. The molecule has 2 aromatic heterocycles. The average Bonchev–Trinajstić information content (AvgIpc) is 3.16. The summed E-state index contributed by atoms with van der Waals surface area (Å²) in [5.41, 5.74) is 4.78. The van der Waals surface area contributed by atoms with Gasteiger partial charge in [-0.2, -0.15) is 10.4 Å². The summed E-state index contributed by atoms with van der Waals surface area (Å²) in [4.78, 5) is 16.9. The molecule has 6 heteroatoms. The van der Waals surface area contributed by atoms with E-state index in [2.05, 4.69) is 16.2 Å². The first-order valence-electron chi connectivity index (χ1n) is 8.72. The van der Waals surface area contributed by atoms with E-state index in [-0.39, 0.29) is 5.56 Å². The highest BCUT2D eigenvalue weighted by Crippen LogP contribution is 2.23. The lowest BCUT2D eigenvalue weighted by atomic mass is 10.1. The van der Waals surface area contributed by atoms with Gasteiger partial charge in [-0.3, -0.25) is 4.79 Å². The minimum Gasteiger partial charge on any atom is -0.268 e. The number of hydrogen-bond donors (Lipinski definition) is 0. The molecule has 28 heavy (non-hydrogen) atoms. The fourth-order valence-corrected chi connectivity index (χ4v) is 3.58. The van der Waals surface area contributed by atoms with E-state index in [1.807, 2.05) is 48.7 Å². The zero-order chi connectivity index (χ0) is 19.5. The molecule has 0 radical (unpaired) electrons. The van der Waals surface area contributed by atoms with Crippen molar-refractivity contribution in [3.8, 4) is 28.6 Å². The van der Waals surface area contributed by atoms with E-state index in [4.69, 9.17) is 5.26 Å². The van der Waals surface area contributed by atoms with Crippen LogP contribution in [0.15, 0.2) is 70.8 Å². The van der Waals surface area contributed by atoms with Gasteiger partial charge in [-0.25, -0.2) is 9.67 Å². The van der Waals surface area contributed by atoms with Crippen LogP contribution in [0.25, 0.3) is 22.5 Å². The van der Waals surface area contributed by atoms with Crippen LogP contribution in [-0.4, -0.2) is 14.8 Å². The van der Waals surface area contributed by atoms with Crippen LogP contribution in [0.3, 0.4) is 0 Å². The Morgan fingerprint density at radius 1 is 1.04 bits per heavy atom. The number of rotatable bonds is 4. The SMILES string of the molecule is Cc1nc(-c2cccc(Cn3nc(-c4cccc(C#N)c4)ccc3=O)c2)cs1. The highest BCUT2D eigenvalue weighted by molar-refractivity contribution is 7.09. The van der Waals surface area contributed by atoms with Gasteiger partial charge in [-0.15, -0.1) is 11.3 Å². The summed E-state index contributed by atoms with van der Waals surface area (Å²) in [7, 11) is 0. The van der Waals surface area contributed by atoms with E-state index in [1.165, 1.54) is 10.7 Å². The fraction of sp³-hybridized carbons (Fsp3) is 0.0909. The minimum absolute atomic E-state index is 0.171. The molecule has 4 rings (SSSR count). The molecular formula is C22H16N4OS. The van der Waals surface area contributed by atoms with Crippen molar-refractivity contribution in [1.82, 2.24) is 14.8 Å². The van der Waals surface area contributed by atoms with Gasteiger partial charge in [0.25, 0.3) is 5.56 Å². The number of hydrogen-bond acceptors (Lipinski definition) is 5. The van der Waals surface area contributed by atoms with Crippen LogP contribution >= 0.6 is 11.3 Å². The molecule has 0 bridgehead atoms. The summed E-state index contributed by atoms with van der Waals surface area (Å²) >= 11 is 1.61. The van der Waals surface area contributed by atoms with Crippen molar-refractivity contribution in [3.63, 3.8) is 0 Å². The third-order valence-corrected chi connectivity index (χ3v) is 5.10. The predicted molar refractivity (Wildman–Crippen MR) is 110 cm³/mol. The zero-order valence-electron chi connectivity index (χ0n) is 15.2. The maximum Gasteiger partial charge on any atom is 0.267 e. The molecule has 0 atom stereocenters. The zero-order valence-corrected chi connectivity index (χ0v) is 16.0. The molecule has 2 heterocycles. The van der Waals surface area contributed by atoms with Crippen LogP contribution < -0.4 is 5.56 Å². The molecule has 0 N–H and O–H groups in total. The van der Waals surface area contributed by atoms with Gasteiger partial charge in [0.2, 0.25) is 0 Å². The summed E-state index contributed by atoms with van der Waals surface area (Å²) in [6, 6.07) is 20.5. The Kier molecular flexibility index (Phi) is 4.83. The van der Waals surface area contributed by atoms with Crippen molar-refractivity contribution >= 4 is 11.3 Å². The maximum absolute atomic E-state index is 12.3. The summed E-state index contributed by atoms with van der Waals surface area (Å²) in [6.07, 6.45) is 0. The van der Waals surface area contributed by atoms with E-state index < -0.39 is 0 Å². The van der Waals surface area contributed by atoms with E-state index in [1.54, 1.807) is 29.5 Å². The summed E-state index contributed by atoms with van der Waals surface area (Å²) in [5, 5.41) is 16.6. The van der Waals surface area contributed by atoms with Crippen LogP contribution in [-0.2, 0) is 6.54 Å². The van der Waals surface area contributed by atoms with Crippen molar-refractivity contribution in [2.45, 2.75) is 13.5 Å². The predicted octanol–water partition coefficient (Wildman–Crippen LogP) is 4.26. The molecule has 0 aliphatic rings. The smallest absolute Gasteiger partial charge is 0.267 e. The Labute approximate surface area is 166 Å². The van der Waals surface area contributed by atoms with Crippen LogP contribution in [0.4, 0.5) is 0 Å². The second-order valence-corrected chi connectivity index (χ2v) is 7.42. The van der Waals surface area contributed by atoms with Crippen molar-refractivity contribution in [1.29, 1.82) is 5.26 Å². The molecule has 0 spiro atoms. The molecule has 0 fully saturated rings. The highest BCUT2D eigenvalue weighted by Gasteiger charge is 2.07. The molecule has 0 saturated heterocycles. The van der Waals surface area contributed by atoms with E-state index in [9.17, 15) is 4.79 Å². The monoisotopic (exact) mass is 384 g/mol. The summed E-state index contributed by atoms with van der Waals surface area (Å²) < 4.78 is 1.44. The van der Waals surface area contributed by atoms with Crippen LogP contribution in [0.2, 0.25) is 0 Å². The Morgan fingerprint density at radius 3 is 2.57 bits per heavy atom. The first kappa shape index (κ1) is 17.8. The Morgan fingerprint density at radius 2 is 1.82 bits per heavy atom. The number of aromatic nitrogens is 3. The largest absolute Gasteiger partial charge is 0.268 e. The molecule has 0 unspecified atom stereocenters. The minimum atomic E-state index is -0.171. The Balaban J connectivity index is 1.67. The quantitative estimate of drug-likeness (QED) is 0.527. The second-order valence-electron chi connectivity index (χ2n) is 6.36. The molecule has 0 aliphatic heterocycles. The van der Waals surface area contributed by atoms with Crippen molar-refractivity contribution < 1.29 is 0 Å². The van der Waals surface area contributed by atoms with Gasteiger partial charge in [0, 0.05) is 22.6 Å². The molecule has 2 aromatic carbocycles. The van der Waals surface area contributed by atoms with Gasteiger partial charge in [-0.05, 0) is 36.8 Å². The molecule has 0 saturated carbocycles. The lowest BCUT2D eigenvalue weighted by Gasteiger charge is -2.08. The van der Waals surface area contributed by atoms with Crippen LogP contribution in [0, 0.1) is 18.3 Å². The number of benzene rings is 2. The van der Waals surface area contributed by atoms with E-state index in [0.29, 0.717) is 17.8 Å². The Hall–Kier alpha value is -3.56. The number of nitriles is 1. The molecule has 0 amide bonds. The first-order chi connectivity index (χ1) is 13.6. The Bertz CT molecular complexity index is 1250. The van der Waals surface area contributed by atoms with Crippen LogP contribution in [0.1, 0.15) is 16.1 Å². The van der Waals surface area contributed by atoms with Gasteiger partial charge < -0.3 is 0 Å². The maximum atomic E-state index is 12.3. The van der Waals surface area contributed by atoms with Crippen molar-refractivity contribution in [2.75, 3.05) is 0 Å². The van der Waals surface area contributed by atoms with E-state index in [0.717, 1.165) is 27.4 Å². The molecular weight excluding hydrogens is 368 g/mol. The number of aryl methyl sites for hydroxylation is 1. The summed E-state index contributed by atoms with van der Waals surface area (Å²) in [6.45, 7) is 2.34. The third-order valence-electron chi connectivity index (χ3n) is 4.33. The first-order valence-corrected chi connectivity index (χ1v) is 9.60. The van der Waals surface area contributed by atoms with Gasteiger partial charge >= 0.3 is 0 Å². The van der Waals surface area contributed by atoms with Gasteiger partial charge in [0.05, 0.1) is 34.6 Å². The number of thiazole rings is 1. The van der Waals surface area contributed by atoms with Gasteiger partial charge in [-0.1, -0.05) is 30.3 Å². The second kappa shape index (κ2) is 7.59. The molecule has 0 aliphatic carbocycles. The topological polar surface area (TPSA) is 71.6 Å². The standard InChI is InChI=1S/C22H16N4OS/c1-15-24-21(14-28-15)19-7-3-5-17(11-19)13-26-22(27)9-8-20(25-26)18-6-2-4-16(10-18)12-23/h2-11,14H,13H2,1H3. The summed E-state index contributed by atoms with van der Waals surface area (Å²) in [5.74, 6) is 0. The van der Waals surface area contributed by atoms with Crippen LogP contribution in [0.5, 0.6) is 0 Å². The lowest BCUT2D eigenvalue weighted by molar-refractivity contribution is 0.643. The van der Waals surface area contributed by atoms with Gasteiger partial charge in [0.15, 0.2) is 0 Å².